The highest BCUT2D eigenvalue weighted by Crippen LogP contribution is 2.55. The monoisotopic (exact) mass is 975 g/mol. The van der Waals surface area contributed by atoms with E-state index < -0.39 is 0 Å². The average molecular weight is 976 g/mol. The largest absolute Gasteiger partial charge is 0.308 e. The van der Waals surface area contributed by atoms with Crippen LogP contribution >= 0.6 is 0 Å². The highest BCUT2D eigenvalue weighted by Gasteiger charge is 2.35. The molecule has 0 spiro atoms. The van der Waals surface area contributed by atoms with Crippen LogP contribution in [0.15, 0.2) is 225 Å². The van der Waals surface area contributed by atoms with Crippen LogP contribution in [0.25, 0.3) is 169 Å². The zero-order valence-electron chi connectivity index (χ0n) is 41.0. The van der Waals surface area contributed by atoms with Crippen LogP contribution in [-0.2, 0) is 0 Å². The Morgan fingerprint density at radius 1 is 0.299 bits per heavy atom. The van der Waals surface area contributed by atoms with Crippen LogP contribution in [0.2, 0.25) is 0 Å². The summed E-state index contributed by atoms with van der Waals surface area (Å²) in [5, 5.41) is 32.1. The molecule has 6 heterocycles. The van der Waals surface area contributed by atoms with Crippen molar-refractivity contribution in [3.63, 3.8) is 0 Å². The molecule has 12 aromatic carbocycles. The third kappa shape index (κ3) is 5.02. The van der Waals surface area contributed by atoms with Gasteiger partial charge < -0.3 is 13.7 Å². The number of aromatic nitrogens is 6. The Hall–Kier alpha value is -10.7. The first-order chi connectivity index (χ1) is 38.3. The van der Waals surface area contributed by atoms with E-state index in [-0.39, 0.29) is 0 Å². The number of benzene rings is 12. The molecule has 6 aromatic heterocycles. The molecule has 0 radical (unpaired) electrons. The molecule has 0 aliphatic heterocycles. The molecule has 0 saturated heterocycles. The van der Waals surface area contributed by atoms with Crippen molar-refractivity contribution >= 4 is 130 Å². The summed E-state index contributed by atoms with van der Waals surface area (Å²) in [6, 6.07) is 73.1. The fraction of sp³-hybridized carbons (Fsp3) is 0. The van der Waals surface area contributed by atoms with E-state index in [0.29, 0.717) is 5.56 Å². The smallest absolute Gasteiger partial charge is 0.104 e. The molecule has 18 aromatic rings. The quantitative estimate of drug-likeness (QED) is 0.161. The van der Waals surface area contributed by atoms with Crippen molar-refractivity contribution < 1.29 is 0 Å². The van der Waals surface area contributed by atoms with Crippen LogP contribution in [0.3, 0.4) is 0 Å². The summed E-state index contributed by atoms with van der Waals surface area (Å²) < 4.78 is 7.37. The molecule has 0 atom stereocenters. The zero-order chi connectivity index (χ0) is 50.2. The highest BCUT2D eigenvalue weighted by atomic mass is 15.1. The number of rotatable bonds is 5. The Kier molecular flexibility index (Phi) is 7.81. The Morgan fingerprint density at radius 2 is 0.662 bits per heavy atom. The predicted octanol–water partition coefficient (Wildman–Crippen LogP) is 17.6. The van der Waals surface area contributed by atoms with Gasteiger partial charge in [-0.05, 0) is 103 Å². The van der Waals surface area contributed by atoms with Gasteiger partial charge >= 0.3 is 0 Å². The van der Waals surface area contributed by atoms with E-state index in [4.69, 9.17) is 9.97 Å². The maximum absolute atomic E-state index is 12.8. The summed E-state index contributed by atoms with van der Waals surface area (Å²) in [5.41, 5.74) is 14.1. The van der Waals surface area contributed by atoms with E-state index in [1.54, 1.807) is 0 Å². The van der Waals surface area contributed by atoms with Crippen molar-refractivity contribution in [3.8, 4) is 45.4 Å². The minimum atomic E-state index is 0.550. The lowest BCUT2D eigenvalue weighted by Gasteiger charge is -2.28. The van der Waals surface area contributed by atoms with Gasteiger partial charge in [0, 0.05) is 96.0 Å². The van der Waals surface area contributed by atoms with Crippen LogP contribution in [0.4, 0.5) is 0 Å². The molecule has 77 heavy (non-hydrogen) atoms. The van der Waals surface area contributed by atoms with E-state index in [1.165, 1.54) is 16.2 Å². The lowest BCUT2D eigenvalue weighted by molar-refractivity contribution is 1.09. The van der Waals surface area contributed by atoms with Gasteiger partial charge in [-0.1, -0.05) is 140 Å². The van der Waals surface area contributed by atoms with E-state index >= 15 is 0 Å². The molecule has 0 amide bonds. The molecule has 0 aliphatic rings. The summed E-state index contributed by atoms with van der Waals surface area (Å²) in [7, 11) is 0. The van der Waals surface area contributed by atoms with Gasteiger partial charge in [-0.3, -0.25) is 15.0 Å². The van der Waals surface area contributed by atoms with Crippen molar-refractivity contribution in [1.29, 1.82) is 5.26 Å². The van der Waals surface area contributed by atoms with E-state index in [9.17, 15) is 5.26 Å². The number of nitriles is 1. The Bertz CT molecular complexity index is 5070. The van der Waals surface area contributed by atoms with Crippen LogP contribution in [0, 0.1) is 11.3 Å². The number of nitrogens with zero attached hydrogens (tertiary/aromatic N) is 7. The third-order valence-electron chi connectivity index (χ3n) is 16.9. The molecule has 0 unspecified atom stereocenters. The standard InChI is InChI=1S/C70H37N7/c71-36-50-68(75-53-25-7-18-43-41-31-34-72-37-51(41)46-21-10-27-55(75)64(46)61(43)53)59(39-14-3-1-4-15-39)70(77-56-28-8-19-44-42-32-35-73-38-52(42)47-22-11-29-57(77)65(47)62(44)56)60(40-16-5-2-6-17-40)69(50)76-54-26-9-20-45-48-24-13-33-74-67(48)49-23-12-30-58(76)66(49)63(45)54/h1-35,37-38H. The highest BCUT2D eigenvalue weighted by molar-refractivity contribution is 6.37. The number of fused-ring (bicyclic) bond motifs is 9. The van der Waals surface area contributed by atoms with Gasteiger partial charge in [0.2, 0.25) is 0 Å². The van der Waals surface area contributed by atoms with Crippen LogP contribution < -0.4 is 0 Å². The van der Waals surface area contributed by atoms with Crippen molar-refractivity contribution in [2.75, 3.05) is 0 Å². The molecule has 0 bridgehead atoms. The third-order valence-corrected chi connectivity index (χ3v) is 16.9. The Morgan fingerprint density at radius 3 is 1.09 bits per heavy atom. The lowest BCUT2D eigenvalue weighted by Crippen LogP contribution is -2.13. The van der Waals surface area contributed by atoms with Crippen molar-refractivity contribution in [3.05, 3.63) is 231 Å². The fourth-order valence-electron chi connectivity index (χ4n) is 14.1. The minimum Gasteiger partial charge on any atom is -0.308 e. The van der Waals surface area contributed by atoms with Gasteiger partial charge in [-0.2, -0.15) is 5.26 Å². The summed E-state index contributed by atoms with van der Waals surface area (Å²) in [4.78, 5) is 14.4. The second-order valence-electron chi connectivity index (χ2n) is 20.5. The van der Waals surface area contributed by atoms with Crippen LogP contribution in [-0.4, -0.2) is 28.7 Å². The molecule has 0 aliphatic carbocycles. The molecule has 0 saturated carbocycles. The average Bonchev–Trinajstić information content (AvgIpc) is 4.32. The summed E-state index contributed by atoms with van der Waals surface area (Å²) in [5.74, 6) is 0. The van der Waals surface area contributed by atoms with Crippen molar-refractivity contribution in [2.45, 2.75) is 0 Å². The molecule has 7 nitrogen and oxygen atoms in total. The van der Waals surface area contributed by atoms with Crippen LogP contribution in [0.5, 0.6) is 0 Å². The predicted molar refractivity (Wildman–Crippen MR) is 317 cm³/mol. The maximum Gasteiger partial charge on any atom is 0.104 e. The van der Waals surface area contributed by atoms with Crippen LogP contribution in [0.1, 0.15) is 5.56 Å². The fourth-order valence-corrected chi connectivity index (χ4v) is 14.1. The van der Waals surface area contributed by atoms with Crippen molar-refractivity contribution in [2.24, 2.45) is 0 Å². The zero-order valence-corrected chi connectivity index (χ0v) is 41.0. The molecule has 0 N–H and O–H groups in total. The Balaban J connectivity index is 1.17. The molecular formula is C70H37N7. The Labute approximate surface area is 438 Å². The van der Waals surface area contributed by atoms with Gasteiger partial charge in [0.15, 0.2) is 0 Å². The molecule has 7 heteroatoms. The number of hydrogen-bond donors (Lipinski definition) is 0. The molecule has 352 valence electrons. The van der Waals surface area contributed by atoms with E-state index in [0.717, 1.165) is 153 Å². The number of pyridine rings is 3. The van der Waals surface area contributed by atoms with Crippen molar-refractivity contribution in [1.82, 2.24) is 28.7 Å². The maximum atomic E-state index is 12.8. The second kappa shape index (κ2) is 14.8. The number of hydrogen-bond acceptors (Lipinski definition) is 4. The topological polar surface area (TPSA) is 77.2 Å². The van der Waals surface area contributed by atoms with Gasteiger partial charge in [0.05, 0.1) is 55.7 Å². The molecular weight excluding hydrogens is 939 g/mol. The first-order valence-electron chi connectivity index (χ1n) is 26.1. The van der Waals surface area contributed by atoms with Gasteiger partial charge in [0.25, 0.3) is 0 Å². The summed E-state index contributed by atoms with van der Waals surface area (Å²) in [6.45, 7) is 0. The summed E-state index contributed by atoms with van der Waals surface area (Å²) in [6.07, 6.45) is 9.71. The first-order valence-corrected chi connectivity index (χ1v) is 26.1. The van der Waals surface area contributed by atoms with E-state index in [2.05, 4.69) is 213 Å². The molecule has 0 fully saturated rings. The lowest BCUT2D eigenvalue weighted by atomic mass is 9.88. The van der Waals surface area contributed by atoms with Gasteiger partial charge in [-0.15, -0.1) is 0 Å². The van der Waals surface area contributed by atoms with Gasteiger partial charge in [0.1, 0.15) is 11.6 Å². The van der Waals surface area contributed by atoms with E-state index in [1.807, 2.05) is 37.1 Å². The molecule has 18 rings (SSSR count). The van der Waals surface area contributed by atoms with Gasteiger partial charge in [-0.25, -0.2) is 0 Å². The second-order valence-corrected chi connectivity index (χ2v) is 20.5. The summed E-state index contributed by atoms with van der Waals surface area (Å²) >= 11 is 0. The normalized spacial score (nSPS) is 12.4. The SMILES string of the molecule is N#Cc1c(-n2c3cccc4c5ccncc5c5cccc2c5c43)c(-c2ccccc2)c(-n2c3cccc4c5ccncc5c5cccc2c5c43)c(-c2ccccc2)c1-n1c2cccc3c4cccnc4c4cccc1c4c32. The minimum absolute atomic E-state index is 0.550. The first kappa shape index (κ1) is 40.8.